The number of nitrogens with zero attached hydrogens (tertiary/aromatic N) is 2. The van der Waals surface area contributed by atoms with Crippen LogP contribution in [0.15, 0.2) is 30.5 Å². The fraction of sp³-hybridized carbons (Fsp3) is 0.438. The summed E-state index contributed by atoms with van der Waals surface area (Å²) in [6.45, 7) is 6.44. The molecule has 2 heterocycles. The normalized spacial score (nSPS) is 15.7. The number of aromatic nitrogens is 2. The van der Waals surface area contributed by atoms with E-state index in [-0.39, 0.29) is 0 Å². The fourth-order valence-corrected chi connectivity index (χ4v) is 2.68. The number of anilines is 1. The number of H-pyrrole nitrogens is 1. The molecule has 20 heavy (non-hydrogen) atoms. The first-order valence-corrected chi connectivity index (χ1v) is 7.35. The highest BCUT2D eigenvalue weighted by molar-refractivity contribution is 5.45. The van der Waals surface area contributed by atoms with E-state index in [1.165, 1.54) is 37.1 Å². The Kier molecular flexibility index (Phi) is 4.02. The molecule has 0 radical (unpaired) electrons. The Balaban J connectivity index is 1.54. The predicted molar refractivity (Wildman–Crippen MR) is 81.6 cm³/mol. The van der Waals surface area contributed by atoms with E-state index in [1.54, 1.807) is 0 Å². The molecule has 0 saturated carbocycles. The lowest BCUT2D eigenvalue weighted by molar-refractivity contribution is 0.331. The van der Waals surface area contributed by atoms with Gasteiger partial charge in [-0.2, -0.15) is 5.10 Å². The maximum absolute atomic E-state index is 4.03. The van der Waals surface area contributed by atoms with Crippen molar-refractivity contribution in [2.45, 2.75) is 32.9 Å². The molecule has 2 N–H and O–H groups in total. The molecule has 2 aromatic rings. The third kappa shape index (κ3) is 3.20. The van der Waals surface area contributed by atoms with Gasteiger partial charge < -0.3 is 5.32 Å². The molecule has 0 spiro atoms. The summed E-state index contributed by atoms with van der Waals surface area (Å²) in [6.07, 6.45) is 4.58. The second-order valence-corrected chi connectivity index (χ2v) is 5.55. The standard InChI is InChI=1S/C16H22N4/c1-13-15(11-18-19-13)10-17-16-6-4-14(5-7-16)12-20-8-2-3-9-20/h4-7,11,17H,2-3,8-10,12H2,1H3,(H,18,19). The van der Waals surface area contributed by atoms with Crippen LogP contribution in [0.3, 0.4) is 0 Å². The van der Waals surface area contributed by atoms with Crippen molar-refractivity contribution in [3.63, 3.8) is 0 Å². The summed E-state index contributed by atoms with van der Waals surface area (Å²) in [5, 5.41) is 10.4. The van der Waals surface area contributed by atoms with Crippen molar-refractivity contribution in [3.05, 3.63) is 47.3 Å². The van der Waals surface area contributed by atoms with Crippen molar-refractivity contribution in [1.82, 2.24) is 15.1 Å². The molecule has 0 bridgehead atoms. The van der Waals surface area contributed by atoms with Crippen LogP contribution in [0, 0.1) is 6.92 Å². The Morgan fingerprint density at radius 3 is 2.60 bits per heavy atom. The maximum Gasteiger partial charge on any atom is 0.0539 e. The van der Waals surface area contributed by atoms with E-state index in [2.05, 4.69) is 44.7 Å². The molecule has 4 nitrogen and oxygen atoms in total. The summed E-state index contributed by atoms with van der Waals surface area (Å²) in [6, 6.07) is 8.79. The zero-order valence-corrected chi connectivity index (χ0v) is 12.0. The lowest BCUT2D eigenvalue weighted by Crippen LogP contribution is -2.18. The SMILES string of the molecule is Cc1[nH]ncc1CNc1ccc(CN2CCCC2)cc1. The summed E-state index contributed by atoms with van der Waals surface area (Å²) in [5.74, 6) is 0. The van der Waals surface area contributed by atoms with Crippen molar-refractivity contribution in [1.29, 1.82) is 0 Å². The van der Waals surface area contributed by atoms with E-state index in [4.69, 9.17) is 0 Å². The van der Waals surface area contributed by atoms with Gasteiger partial charge in [-0.25, -0.2) is 0 Å². The van der Waals surface area contributed by atoms with Crippen molar-refractivity contribution in [2.24, 2.45) is 0 Å². The number of benzene rings is 1. The van der Waals surface area contributed by atoms with Crippen LogP contribution in [0.4, 0.5) is 5.69 Å². The highest BCUT2D eigenvalue weighted by Gasteiger charge is 2.11. The molecule has 0 aliphatic carbocycles. The number of hydrogen-bond acceptors (Lipinski definition) is 3. The van der Waals surface area contributed by atoms with E-state index in [0.29, 0.717) is 0 Å². The average Bonchev–Trinajstić information content (AvgIpc) is 3.10. The number of likely N-dealkylation sites (tertiary alicyclic amines) is 1. The second kappa shape index (κ2) is 6.09. The number of rotatable bonds is 5. The first kappa shape index (κ1) is 13.2. The van der Waals surface area contributed by atoms with Crippen LogP contribution in [0.25, 0.3) is 0 Å². The average molecular weight is 270 g/mol. The van der Waals surface area contributed by atoms with Crippen molar-refractivity contribution in [2.75, 3.05) is 18.4 Å². The van der Waals surface area contributed by atoms with Crippen molar-refractivity contribution in [3.8, 4) is 0 Å². The summed E-state index contributed by atoms with van der Waals surface area (Å²) in [4.78, 5) is 2.53. The van der Waals surface area contributed by atoms with E-state index in [1.807, 2.05) is 13.1 Å². The first-order chi connectivity index (χ1) is 9.81. The zero-order valence-electron chi connectivity index (χ0n) is 12.0. The van der Waals surface area contributed by atoms with E-state index >= 15 is 0 Å². The number of aryl methyl sites for hydroxylation is 1. The smallest absolute Gasteiger partial charge is 0.0539 e. The molecule has 1 aliphatic heterocycles. The number of hydrogen-bond donors (Lipinski definition) is 2. The molecule has 1 saturated heterocycles. The molecule has 1 aromatic heterocycles. The van der Waals surface area contributed by atoms with Gasteiger partial charge >= 0.3 is 0 Å². The van der Waals surface area contributed by atoms with E-state index in [9.17, 15) is 0 Å². The van der Waals surface area contributed by atoms with Gasteiger partial charge in [-0.05, 0) is 50.6 Å². The van der Waals surface area contributed by atoms with Crippen molar-refractivity contribution < 1.29 is 0 Å². The summed E-state index contributed by atoms with van der Waals surface area (Å²) in [7, 11) is 0. The van der Waals surface area contributed by atoms with E-state index < -0.39 is 0 Å². The second-order valence-electron chi connectivity index (χ2n) is 5.55. The highest BCUT2D eigenvalue weighted by atomic mass is 15.1. The third-order valence-electron chi connectivity index (χ3n) is 3.98. The Morgan fingerprint density at radius 2 is 1.95 bits per heavy atom. The molecule has 1 aromatic carbocycles. The van der Waals surface area contributed by atoms with Gasteiger partial charge in [0.15, 0.2) is 0 Å². The third-order valence-corrected chi connectivity index (χ3v) is 3.98. The molecule has 1 aliphatic rings. The largest absolute Gasteiger partial charge is 0.381 e. The molecule has 0 amide bonds. The summed E-state index contributed by atoms with van der Waals surface area (Å²) < 4.78 is 0. The van der Waals surface area contributed by atoms with Crippen LogP contribution < -0.4 is 5.32 Å². The molecule has 1 fully saturated rings. The van der Waals surface area contributed by atoms with Gasteiger partial charge in [0.1, 0.15) is 0 Å². The number of nitrogens with one attached hydrogen (secondary N) is 2. The molecule has 106 valence electrons. The van der Waals surface area contributed by atoms with Crippen LogP contribution in [0.2, 0.25) is 0 Å². The first-order valence-electron chi connectivity index (χ1n) is 7.35. The Hall–Kier alpha value is -1.81. The van der Waals surface area contributed by atoms with Gasteiger partial charge in [0.2, 0.25) is 0 Å². The van der Waals surface area contributed by atoms with Gasteiger partial charge in [-0.1, -0.05) is 12.1 Å². The van der Waals surface area contributed by atoms with Gasteiger partial charge in [-0.15, -0.1) is 0 Å². The van der Waals surface area contributed by atoms with Crippen LogP contribution in [0.5, 0.6) is 0 Å². The summed E-state index contributed by atoms with van der Waals surface area (Å²) >= 11 is 0. The van der Waals surface area contributed by atoms with Gasteiger partial charge in [-0.3, -0.25) is 10.00 Å². The Labute approximate surface area is 120 Å². The Bertz CT molecular complexity index is 538. The van der Waals surface area contributed by atoms with Crippen LogP contribution >= 0.6 is 0 Å². The van der Waals surface area contributed by atoms with Crippen LogP contribution in [-0.4, -0.2) is 28.2 Å². The summed E-state index contributed by atoms with van der Waals surface area (Å²) in [5.41, 5.74) is 4.90. The molecule has 4 heteroatoms. The molecular formula is C16H22N4. The predicted octanol–water partition coefficient (Wildman–Crippen LogP) is 2.93. The quantitative estimate of drug-likeness (QED) is 0.878. The van der Waals surface area contributed by atoms with Gasteiger partial charge in [0.05, 0.1) is 6.20 Å². The Morgan fingerprint density at radius 1 is 1.20 bits per heavy atom. The van der Waals surface area contributed by atoms with Crippen LogP contribution in [-0.2, 0) is 13.1 Å². The van der Waals surface area contributed by atoms with E-state index in [0.717, 1.165) is 24.5 Å². The van der Waals surface area contributed by atoms with Gasteiger partial charge in [0.25, 0.3) is 0 Å². The minimum atomic E-state index is 0.813. The zero-order chi connectivity index (χ0) is 13.8. The minimum absolute atomic E-state index is 0.813. The fourth-order valence-electron chi connectivity index (χ4n) is 2.68. The monoisotopic (exact) mass is 270 g/mol. The molecule has 0 unspecified atom stereocenters. The lowest BCUT2D eigenvalue weighted by Gasteiger charge is -2.15. The van der Waals surface area contributed by atoms with Crippen LogP contribution in [0.1, 0.15) is 29.7 Å². The topological polar surface area (TPSA) is 44.0 Å². The molecule has 0 atom stereocenters. The van der Waals surface area contributed by atoms with Crippen molar-refractivity contribution >= 4 is 5.69 Å². The maximum atomic E-state index is 4.03. The van der Waals surface area contributed by atoms with Gasteiger partial charge in [0, 0.05) is 30.0 Å². The minimum Gasteiger partial charge on any atom is -0.381 e. The number of aromatic amines is 1. The highest BCUT2D eigenvalue weighted by Crippen LogP contribution is 2.16. The molecular weight excluding hydrogens is 248 g/mol. The lowest BCUT2D eigenvalue weighted by atomic mass is 10.2. The molecule has 3 rings (SSSR count).